The molecule has 102 valence electrons. The smallest absolute Gasteiger partial charge is 0.251 e. The lowest BCUT2D eigenvalue weighted by atomic mass is 10.2. The molecular weight excluding hydrogens is 308 g/mol. The van der Waals surface area contributed by atoms with Crippen LogP contribution >= 0.6 is 15.9 Å². The first kappa shape index (κ1) is 14.2. The van der Waals surface area contributed by atoms with Crippen molar-refractivity contribution < 1.29 is 9.59 Å². The number of likely N-dealkylation sites (N-methyl/N-ethyl adjacent to an activating group) is 1. The SMILES string of the molecule is CCN(CC)[C@H]1CC(=O)N(c2ccc(Br)cc2)C1=O. The lowest BCUT2D eigenvalue weighted by Gasteiger charge is -2.24. The predicted octanol–water partition coefficient (Wildman–Crippen LogP) is 2.42. The first-order chi connectivity index (χ1) is 9.08. The molecule has 2 amide bonds. The Labute approximate surface area is 121 Å². The van der Waals surface area contributed by atoms with Crippen LogP contribution in [-0.4, -0.2) is 35.8 Å². The highest BCUT2D eigenvalue weighted by molar-refractivity contribution is 9.10. The number of rotatable bonds is 4. The first-order valence-electron chi connectivity index (χ1n) is 6.44. The molecule has 1 fully saturated rings. The highest BCUT2D eigenvalue weighted by atomic mass is 79.9. The van der Waals surface area contributed by atoms with Crippen molar-refractivity contribution in [3.05, 3.63) is 28.7 Å². The highest BCUT2D eigenvalue weighted by Gasteiger charge is 2.41. The third-order valence-electron chi connectivity index (χ3n) is 3.46. The Kier molecular flexibility index (Phi) is 4.37. The summed E-state index contributed by atoms with van der Waals surface area (Å²) in [5, 5.41) is 0. The van der Waals surface area contributed by atoms with Gasteiger partial charge < -0.3 is 0 Å². The Morgan fingerprint density at radius 1 is 1.21 bits per heavy atom. The molecule has 1 aromatic carbocycles. The summed E-state index contributed by atoms with van der Waals surface area (Å²) in [6.45, 7) is 5.55. The van der Waals surface area contributed by atoms with Gasteiger partial charge in [0.1, 0.15) is 0 Å². The van der Waals surface area contributed by atoms with Crippen LogP contribution in [0.15, 0.2) is 28.7 Å². The van der Waals surface area contributed by atoms with Gasteiger partial charge in [-0.3, -0.25) is 14.5 Å². The van der Waals surface area contributed by atoms with Crippen LogP contribution in [0.3, 0.4) is 0 Å². The maximum atomic E-state index is 12.4. The maximum Gasteiger partial charge on any atom is 0.251 e. The topological polar surface area (TPSA) is 40.6 Å². The molecule has 1 saturated heterocycles. The van der Waals surface area contributed by atoms with E-state index in [4.69, 9.17) is 0 Å². The summed E-state index contributed by atoms with van der Waals surface area (Å²) in [4.78, 5) is 27.8. The fourth-order valence-corrected chi connectivity index (χ4v) is 2.69. The van der Waals surface area contributed by atoms with E-state index in [0.29, 0.717) is 5.69 Å². The number of hydrogen-bond donors (Lipinski definition) is 0. The first-order valence-corrected chi connectivity index (χ1v) is 7.24. The zero-order chi connectivity index (χ0) is 14.0. The van der Waals surface area contributed by atoms with Gasteiger partial charge in [-0.1, -0.05) is 29.8 Å². The van der Waals surface area contributed by atoms with Crippen LogP contribution in [-0.2, 0) is 9.59 Å². The second-order valence-electron chi connectivity index (χ2n) is 4.48. The molecule has 0 aromatic heterocycles. The molecule has 0 N–H and O–H groups in total. The van der Waals surface area contributed by atoms with E-state index >= 15 is 0 Å². The lowest BCUT2D eigenvalue weighted by molar-refractivity contribution is -0.122. The average molecular weight is 325 g/mol. The van der Waals surface area contributed by atoms with Crippen LogP contribution in [0.5, 0.6) is 0 Å². The maximum absolute atomic E-state index is 12.4. The minimum atomic E-state index is -0.314. The average Bonchev–Trinajstić information content (AvgIpc) is 2.68. The molecule has 2 rings (SSSR count). The molecule has 0 aliphatic carbocycles. The number of nitrogens with zero attached hydrogens (tertiary/aromatic N) is 2. The van der Waals surface area contributed by atoms with Crippen molar-refractivity contribution in [2.45, 2.75) is 26.3 Å². The summed E-state index contributed by atoms with van der Waals surface area (Å²) in [6.07, 6.45) is 0.274. The minimum absolute atomic E-state index is 0.115. The number of anilines is 1. The molecule has 19 heavy (non-hydrogen) atoms. The van der Waals surface area contributed by atoms with Crippen LogP contribution < -0.4 is 4.90 Å². The Balaban J connectivity index is 2.26. The van der Waals surface area contributed by atoms with Crippen molar-refractivity contribution >= 4 is 33.4 Å². The number of benzene rings is 1. The van der Waals surface area contributed by atoms with Gasteiger partial charge in [-0.15, -0.1) is 0 Å². The van der Waals surface area contributed by atoms with E-state index in [1.807, 2.05) is 30.9 Å². The van der Waals surface area contributed by atoms with Crippen molar-refractivity contribution in [3.63, 3.8) is 0 Å². The van der Waals surface area contributed by atoms with Gasteiger partial charge in [-0.2, -0.15) is 0 Å². The molecule has 1 heterocycles. The van der Waals surface area contributed by atoms with Crippen molar-refractivity contribution in [1.82, 2.24) is 4.90 Å². The summed E-state index contributed by atoms with van der Waals surface area (Å²) in [5.41, 5.74) is 0.646. The molecule has 0 saturated carbocycles. The monoisotopic (exact) mass is 324 g/mol. The standard InChI is InChI=1S/C14H17BrN2O2/c1-3-16(4-2)12-9-13(18)17(14(12)19)11-7-5-10(15)6-8-11/h5-8,12H,3-4,9H2,1-2H3/t12-/m0/s1. The third kappa shape index (κ3) is 2.72. The Bertz CT molecular complexity index is 483. The number of carbonyl (C=O) groups excluding carboxylic acids is 2. The molecule has 1 aliphatic heterocycles. The number of carbonyl (C=O) groups is 2. The zero-order valence-electron chi connectivity index (χ0n) is 11.1. The molecule has 0 spiro atoms. The van der Waals surface area contributed by atoms with Gasteiger partial charge in [0.25, 0.3) is 5.91 Å². The van der Waals surface area contributed by atoms with Crippen LogP contribution in [0, 0.1) is 0 Å². The number of imide groups is 1. The van der Waals surface area contributed by atoms with Gasteiger partial charge in [0.2, 0.25) is 5.91 Å². The number of amides is 2. The Hall–Kier alpha value is -1.20. The van der Waals surface area contributed by atoms with Crippen molar-refractivity contribution in [3.8, 4) is 0 Å². The largest absolute Gasteiger partial charge is 0.292 e. The molecule has 5 heteroatoms. The van der Waals surface area contributed by atoms with Crippen molar-refractivity contribution in [1.29, 1.82) is 0 Å². The van der Waals surface area contributed by atoms with Crippen LogP contribution in [0.1, 0.15) is 20.3 Å². The second kappa shape index (κ2) is 5.84. The lowest BCUT2D eigenvalue weighted by Crippen LogP contribution is -2.41. The molecule has 0 unspecified atom stereocenters. The molecule has 0 bridgehead atoms. The molecule has 0 radical (unpaired) electrons. The highest BCUT2D eigenvalue weighted by Crippen LogP contribution is 2.26. The van der Waals surface area contributed by atoms with Crippen molar-refractivity contribution in [2.24, 2.45) is 0 Å². The summed E-state index contributed by atoms with van der Waals surface area (Å²) in [7, 11) is 0. The van der Waals surface area contributed by atoms with E-state index in [1.54, 1.807) is 12.1 Å². The molecule has 4 nitrogen and oxygen atoms in total. The summed E-state index contributed by atoms with van der Waals surface area (Å²) in [6, 6.07) is 6.92. The molecular formula is C14H17BrN2O2. The fraction of sp³-hybridized carbons (Fsp3) is 0.429. The van der Waals surface area contributed by atoms with Gasteiger partial charge >= 0.3 is 0 Å². The molecule has 1 atom stereocenters. The second-order valence-corrected chi connectivity index (χ2v) is 5.40. The van der Waals surface area contributed by atoms with Crippen LogP contribution in [0.2, 0.25) is 0 Å². The predicted molar refractivity (Wildman–Crippen MR) is 78.0 cm³/mol. The van der Waals surface area contributed by atoms with E-state index in [1.165, 1.54) is 4.90 Å². The zero-order valence-corrected chi connectivity index (χ0v) is 12.7. The summed E-state index contributed by atoms with van der Waals surface area (Å²) < 4.78 is 0.927. The van der Waals surface area contributed by atoms with E-state index < -0.39 is 0 Å². The van der Waals surface area contributed by atoms with E-state index in [0.717, 1.165) is 17.6 Å². The van der Waals surface area contributed by atoms with E-state index in [9.17, 15) is 9.59 Å². The van der Waals surface area contributed by atoms with Crippen molar-refractivity contribution in [2.75, 3.05) is 18.0 Å². The summed E-state index contributed by atoms with van der Waals surface area (Å²) in [5.74, 6) is -0.236. The fourth-order valence-electron chi connectivity index (χ4n) is 2.43. The summed E-state index contributed by atoms with van der Waals surface area (Å²) >= 11 is 3.35. The molecule has 1 aromatic rings. The van der Waals surface area contributed by atoms with Gasteiger partial charge in [0.05, 0.1) is 18.2 Å². The molecule has 1 aliphatic rings. The quantitative estimate of drug-likeness (QED) is 0.799. The normalized spacial score (nSPS) is 19.6. The minimum Gasteiger partial charge on any atom is -0.292 e. The Morgan fingerprint density at radius 2 is 1.79 bits per heavy atom. The van der Waals surface area contributed by atoms with Crippen LogP contribution in [0.4, 0.5) is 5.69 Å². The van der Waals surface area contributed by atoms with Gasteiger partial charge in [0, 0.05) is 4.47 Å². The van der Waals surface area contributed by atoms with Gasteiger partial charge in [-0.05, 0) is 37.4 Å². The van der Waals surface area contributed by atoms with E-state index in [-0.39, 0.29) is 24.3 Å². The van der Waals surface area contributed by atoms with Gasteiger partial charge in [-0.25, -0.2) is 4.90 Å². The Morgan fingerprint density at radius 3 is 2.32 bits per heavy atom. The third-order valence-corrected chi connectivity index (χ3v) is 3.99. The van der Waals surface area contributed by atoms with E-state index in [2.05, 4.69) is 15.9 Å². The van der Waals surface area contributed by atoms with Gasteiger partial charge in [0.15, 0.2) is 0 Å². The number of hydrogen-bond acceptors (Lipinski definition) is 3. The van der Waals surface area contributed by atoms with Crippen LogP contribution in [0.25, 0.3) is 0 Å². The number of halogens is 1.